The van der Waals surface area contributed by atoms with Crippen molar-refractivity contribution >= 4 is 5.91 Å². The van der Waals surface area contributed by atoms with E-state index in [2.05, 4.69) is 13.8 Å². The van der Waals surface area contributed by atoms with Crippen molar-refractivity contribution in [2.24, 2.45) is 11.7 Å². The van der Waals surface area contributed by atoms with Gasteiger partial charge in [-0.2, -0.15) is 0 Å². The fourth-order valence-electron chi connectivity index (χ4n) is 2.02. The van der Waals surface area contributed by atoms with Crippen LogP contribution >= 0.6 is 0 Å². The number of nitrogens with zero attached hydrogens (tertiary/aromatic N) is 1. The average Bonchev–Trinajstić information content (AvgIpc) is 2.61. The lowest BCUT2D eigenvalue weighted by atomic mass is 10.1. The van der Waals surface area contributed by atoms with Crippen LogP contribution in [0, 0.1) is 5.92 Å². The molecule has 0 spiro atoms. The van der Waals surface area contributed by atoms with E-state index < -0.39 is 0 Å². The van der Waals surface area contributed by atoms with Gasteiger partial charge in [0.1, 0.15) is 0 Å². The van der Waals surface area contributed by atoms with E-state index in [-0.39, 0.29) is 17.9 Å². The number of hydrogen-bond acceptors (Lipinski definition) is 2. The number of carbonyl (C=O) groups excluding carboxylic acids is 1. The van der Waals surface area contributed by atoms with Crippen molar-refractivity contribution < 1.29 is 4.79 Å². The quantitative estimate of drug-likeness (QED) is 0.744. The Morgan fingerprint density at radius 1 is 1.57 bits per heavy atom. The van der Waals surface area contributed by atoms with Crippen LogP contribution in [0.2, 0.25) is 0 Å². The Kier molecular flexibility index (Phi) is 3.93. The van der Waals surface area contributed by atoms with Crippen LogP contribution < -0.4 is 5.73 Å². The van der Waals surface area contributed by atoms with Crippen molar-refractivity contribution in [3.05, 3.63) is 0 Å². The first kappa shape index (κ1) is 11.5. The summed E-state index contributed by atoms with van der Waals surface area (Å²) in [7, 11) is 1.90. The molecule has 3 nitrogen and oxygen atoms in total. The Morgan fingerprint density at radius 2 is 2.21 bits per heavy atom. The molecule has 0 aromatic rings. The molecule has 1 rings (SSSR count). The van der Waals surface area contributed by atoms with Gasteiger partial charge >= 0.3 is 0 Å². The molecule has 14 heavy (non-hydrogen) atoms. The second-order valence-electron chi connectivity index (χ2n) is 4.48. The van der Waals surface area contributed by atoms with Crippen LogP contribution in [0.5, 0.6) is 0 Å². The number of carbonyl (C=O) groups is 1. The molecule has 1 fully saturated rings. The molecule has 0 bridgehead atoms. The SMILES string of the molecule is CCC(C)N(C)C(=O)C1CCC(N)C1. The predicted molar refractivity (Wildman–Crippen MR) is 57.8 cm³/mol. The van der Waals surface area contributed by atoms with Gasteiger partial charge in [-0.05, 0) is 32.6 Å². The maximum atomic E-state index is 12.0. The van der Waals surface area contributed by atoms with Crippen molar-refractivity contribution in [2.75, 3.05) is 7.05 Å². The van der Waals surface area contributed by atoms with Gasteiger partial charge in [0.05, 0.1) is 0 Å². The molecule has 1 saturated carbocycles. The Morgan fingerprint density at radius 3 is 2.64 bits per heavy atom. The molecular formula is C11H22N2O. The van der Waals surface area contributed by atoms with E-state index >= 15 is 0 Å². The number of nitrogens with two attached hydrogens (primary N) is 1. The zero-order valence-corrected chi connectivity index (χ0v) is 9.49. The minimum absolute atomic E-state index is 0.184. The fraction of sp³-hybridized carbons (Fsp3) is 0.909. The highest BCUT2D eigenvalue weighted by atomic mass is 16.2. The van der Waals surface area contributed by atoms with Gasteiger partial charge in [-0.3, -0.25) is 4.79 Å². The molecule has 0 aromatic carbocycles. The fourth-order valence-corrected chi connectivity index (χ4v) is 2.02. The molecule has 0 saturated heterocycles. The predicted octanol–water partition coefficient (Wildman–Crippen LogP) is 1.37. The highest BCUT2D eigenvalue weighted by Crippen LogP contribution is 2.26. The molecule has 1 aliphatic rings. The third-order valence-electron chi connectivity index (χ3n) is 3.42. The van der Waals surface area contributed by atoms with Crippen LogP contribution in [-0.2, 0) is 4.79 Å². The van der Waals surface area contributed by atoms with E-state index in [4.69, 9.17) is 5.73 Å². The zero-order chi connectivity index (χ0) is 10.7. The normalized spacial score (nSPS) is 28.9. The summed E-state index contributed by atoms with van der Waals surface area (Å²) in [6, 6.07) is 0.591. The van der Waals surface area contributed by atoms with Crippen molar-refractivity contribution in [3.63, 3.8) is 0 Å². The molecule has 0 radical (unpaired) electrons. The second-order valence-corrected chi connectivity index (χ2v) is 4.48. The molecular weight excluding hydrogens is 176 g/mol. The molecule has 0 aliphatic heterocycles. The highest BCUT2D eigenvalue weighted by molar-refractivity contribution is 5.79. The molecule has 1 amide bonds. The van der Waals surface area contributed by atoms with Gasteiger partial charge in [0.15, 0.2) is 0 Å². The molecule has 3 atom stereocenters. The molecule has 3 unspecified atom stereocenters. The van der Waals surface area contributed by atoms with Gasteiger partial charge in [-0.25, -0.2) is 0 Å². The molecule has 2 N–H and O–H groups in total. The lowest BCUT2D eigenvalue weighted by Gasteiger charge is -2.26. The van der Waals surface area contributed by atoms with Gasteiger partial charge in [-0.1, -0.05) is 6.92 Å². The Balaban J connectivity index is 2.48. The molecule has 82 valence electrons. The van der Waals surface area contributed by atoms with E-state index in [1.165, 1.54) is 0 Å². The number of amides is 1. The first-order chi connectivity index (χ1) is 6.56. The third kappa shape index (κ3) is 2.47. The van der Waals surface area contributed by atoms with E-state index in [0.29, 0.717) is 6.04 Å². The molecule has 0 heterocycles. The van der Waals surface area contributed by atoms with Crippen LogP contribution in [0.4, 0.5) is 0 Å². The standard InChI is InChI=1S/C11H22N2O/c1-4-8(2)13(3)11(14)9-5-6-10(12)7-9/h8-10H,4-7,12H2,1-3H3. The summed E-state index contributed by atoms with van der Waals surface area (Å²) in [5.41, 5.74) is 5.80. The van der Waals surface area contributed by atoms with E-state index in [1.807, 2.05) is 11.9 Å². The number of rotatable bonds is 3. The van der Waals surface area contributed by atoms with Gasteiger partial charge in [0.2, 0.25) is 5.91 Å². The van der Waals surface area contributed by atoms with Crippen LogP contribution in [0.1, 0.15) is 39.5 Å². The van der Waals surface area contributed by atoms with E-state index in [9.17, 15) is 4.79 Å². The summed E-state index contributed by atoms with van der Waals surface area (Å²) in [6.45, 7) is 4.20. The van der Waals surface area contributed by atoms with Gasteiger partial charge in [0, 0.05) is 25.0 Å². The summed E-state index contributed by atoms with van der Waals surface area (Å²) < 4.78 is 0. The first-order valence-corrected chi connectivity index (χ1v) is 5.58. The Hall–Kier alpha value is -0.570. The van der Waals surface area contributed by atoms with Gasteiger partial charge in [0.25, 0.3) is 0 Å². The summed E-state index contributed by atoms with van der Waals surface area (Å²) in [4.78, 5) is 13.8. The summed E-state index contributed by atoms with van der Waals surface area (Å²) in [6.07, 6.45) is 3.87. The van der Waals surface area contributed by atoms with Crippen molar-refractivity contribution in [2.45, 2.75) is 51.6 Å². The smallest absolute Gasteiger partial charge is 0.225 e. The average molecular weight is 198 g/mol. The Bertz CT molecular complexity index is 201. The molecule has 1 aliphatic carbocycles. The maximum absolute atomic E-state index is 12.0. The van der Waals surface area contributed by atoms with Gasteiger partial charge < -0.3 is 10.6 Å². The topological polar surface area (TPSA) is 46.3 Å². The maximum Gasteiger partial charge on any atom is 0.225 e. The van der Waals surface area contributed by atoms with Crippen LogP contribution in [0.3, 0.4) is 0 Å². The van der Waals surface area contributed by atoms with Crippen molar-refractivity contribution in [3.8, 4) is 0 Å². The highest BCUT2D eigenvalue weighted by Gasteiger charge is 2.30. The minimum atomic E-state index is 0.184. The van der Waals surface area contributed by atoms with E-state index in [1.54, 1.807) is 0 Å². The first-order valence-electron chi connectivity index (χ1n) is 5.58. The van der Waals surface area contributed by atoms with Crippen LogP contribution in [-0.4, -0.2) is 29.9 Å². The van der Waals surface area contributed by atoms with Gasteiger partial charge in [-0.15, -0.1) is 0 Å². The lowest BCUT2D eigenvalue weighted by molar-refractivity contribution is -0.135. The molecule has 3 heteroatoms. The van der Waals surface area contributed by atoms with Crippen molar-refractivity contribution in [1.29, 1.82) is 0 Å². The summed E-state index contributed by atoms with van der Waals surface area (Å²) in [5.74, 6) is 0.469. The van der Waals surface area contributed by atoms with Crippen molar-refractivity contribution in [1.82, 2.24) is 4.90 Å². The zero-order valence-electron chi connectivity index (χ0n) is 9.49. The molecule has 0 aromatic heterocycles. The second kappa shape index (κ2) is 4.78. The van der Waals surface area contributed by atoms with Crippen LogP contribution in [0.25, 0.3) is 0 Å². The van der Waals surface area contributed by atoms with E-state index in [0.717, 1.165) is 25.7 Å². The summed E-state index contributed by atoms with van der Waals surface area (Å²) in [5, 5.41) is 0. The van der Waals surface area contributed by atoms with Crippen LogP contribution in [0.15, 0.2) is 0 Å². The lowest BCUT2D eigenvalue weighted by Crippen LogP contribution is -2.38. The Labute approximate surface area is 86.6 Å². The summed E-state index contributed by atoms with van der Waals surface area (Å²) >= 11 is 0. The monoisotopic (exact) mass is 198 g/mol. The number of hydrogen-bond donors (Lipinski definition) is 1. The minimum Gasteiger partial charge on any atom is -0.343 e. The third-order valence-corrected chi connectivity index (χ3v) is 3.42. The largest absolute Gasteiger partial charge is 0.343 e.